The zero-order valence-electron chi connectivity index (χ0n) is 15.6. The first-order valence-electron chi connectivity index (χ1n) is 8.45. The summed E-state index contributed by atoms with van der Waals surface area (Å²) < 4.78 is 26.1. The second-order valence-electron chi connectivity index (χ2n) is 6.57. The summed E-state index contributed by atoms with van der Waals surface area (Å²) in [5.74, 6) is -0.225. The average molecular weight is 355 g/mol. The van der Waals surface area contributed by atoms with Crippen molar-refractivity contribution in [2.75, 3.05) is 14.1 Å². The van der Waals surface area contributed by atoms with Gasteiger partial charge in [0.15, 0.2) is 0 Å². The molecule has 1 unspecified atom stereocenters. The van der Waals surface area contributed by atoms with Crippen LogP contribution >= 0.6 is 0 Å². The van der Waals surface area contributed by atoms with Crippen molar-refractivity contribution >= 4 is 15.9 Å². The van der Waals surface area contributed by atoms with Crippen molar-refractivity contribution in [2.45, 2.75) is 64.3 Å². The Kier molecular flexibility index (Phi) is 7.42. The van der Waals surface area contributed by atoms with Gasteiger partial charge in [-0.3, -0.25) is 4.79 Å². The van der Waals surface area contributed by atoms with E-state index in [0.717, 1.165) is 31.2 Å². The van der Waals surface area contributed by atoms with Gasteiger partial charge in [0.2, 0.25) is 10.0 Å². The van der Waals surface area contributed by atoms with E-state index < -0.39 is 10.0 Å². The number of hydrogen-bond donors (Lipinski definition) is 1. The van der Waals surface area contributed by atoms with E-state index in [2.05, 4.69) is 12.2 Å². The molecule has 1 N–H and O–H groups in total. The summed E-state index contributed by atoms with van der Waals surface area (Å²) >= 11 is 0. The van der Waals surface area contributed by atoms with Gasteiger partial charge in [-0.1, -0.05) is 26.2 Å². The number of hydrogen-bond acceptors (Lipinski definition) is 3. The van der Waals surface area contributed by atoms with Crippen LogP contribution in [0.15, 0.2) is 17.0 Å². The van der Waals surface area contributed by atoms with E-state index >= 15 is 0 Å². The molecule has 0 aromatic heterocycles. The van der Waals surface area contributed by atoms with Gasteiger partial charge in [0, 0.05) is 25.7 Å². The highest BCUT2D eigenvalue weighted by molar-refractivity contribution is 7.89. The minimum absolute atomic E-state index is 0.0690. The van der Waals surface area contributed by atoms with Gasteiger partial charge in [-0.15, -0.1) is 0 Å². The number of carbonyl (C=O) groups excluding carboxylic acids is 1. The molecule has 1 atom stereocenters. The maximum Gasteiger partial charge on any atom is 0.251 e. The standard InChI is InChI=1S/C18H30N2O3S/c1-7-8-9-10-14(3)19-18(21)16-11-13(2)15(4)17(12-16)24(22,23)20(5)6/h11-12,14H,7-10H2,1-6H3,(H,19,21). The summed E-state index contributed by atoms with van der Waals surface area (Å²) in [6.07, 6.45) is 4.29. The highest BCUT2D eigenvalue weighted by atomic mass is 32.2. The third-order valence-electron chi connectivity index (χ3n) is 4.26. The maximum absolute atomic E-state index is 12.5. The summed E-state index contributed by atoms with van der Waals surface area (Å²) in [5.41, 5.74) is 1.86. The second-order valence-corrected chi connectivity index (χ2v) is 8.69. The molecule has 0 saturated carbocycles. The van der Waals surface area contributed by atoms with Crippen LogP contribution in [0.5, 0.6) is 0 Å². The van der Waals surface area contributed by atoms with Gasteiger partial charge < -0.3 is 5.32 Å². The molecule has 6 heteroatoms. The van der Waals surface area contributed by atoms with Crippen molar-refractivity contribution in [3.63, 3.8) is 0 Å². The molecule has 0 aliphatic heterocycles. The van der Waals surface area contributed by atoms with Crippen molar-refractivity contribution in [2.24, 2.45) is 0 Å². The van der Waals surface area contributed by atoms with Crippen LogP contribution in [0.1, 0.15) is 61.0 Å². The van der Waals surface area contributed by atoms with Crippen LogP contribution in [0.25, 0.3) is 0 Å². The molecule has 0 radical (unpaired) electrons. The molecule has 0 spiro atoms. The van der Waals surface area contributed by atoms with E-state index in [1.54, 1.807) is 13.0 Å². The molecular formula is C18H30N2O3S. The number of sulfonamides is 1. The Labute approximate surface area is 146 Å². The monoisotopic (exact) mass is 354 g/mol. The van der Waals surface area contributed by atoms with Crippen LogP contribution in [0.4, 0.5) is 0 Å². The molecule has 136 valence electrons. The normalized spacial score (nSPS) is 13.1. The van der Waals surface area contributed by atoms with E-state index in [-0.39, 0.29) is 16.8 Å². The minimum atomic E-state index is -3.58. The first-order valence-corrected chi connectivity index (χ1v) is 9.89. The van der Waals surface area contributed by atoms with Crippen molar-refractivity contribution in [3.05, 3.63) is 28.8 Å². The Morgan fingerprint density at radius 1 is 1.21 bits per heavy atom. The fraction of sp³-hybridized carbons (Fsp3) is 0.611. The number of unbranched alkanes of at least 4 members (excludes halogenated alkanes) is 2. The van der Waals surface area contributed by atoms with E-state index in [0.29, 0.717) is 11.1 Å². The number of nitrogens with zero attached hydrogens (tertiary/aromatic N) is 1. The number of amides is 1. The van der Waals surface area contributed by atoms with Crippen LogP contribution in [0.3, 0.4) is 0 Å². The van der Waals surface area contributed by atoms with Crippen LogP contribution < -0.4 is 5.32 Å². The molecule has 0 heterocycles. The first-order chi connectivity index (χ1) is 11.1. The third-order valence-corrected chi connectivity index (χ3v) is 6.20. The topological polar surface area (TPSA) is 66.5 Å². The molecule has 24 heavy (non-hydrogen) atoms. The average Bonchev–Trinajstić information content (AvgIpc) is 2.49. The molecule has 1 aromatic carbocycles. The molecular weight excluding hydrogens is 324 g/mol. The summed E-state index contributed by atoms with van der Waals surface area (Å²) in [5, 5.41) is 2.96. The van der Waals surface area contributed by atoms with Crippen molar-refractivity contribution in [1.82, 2.24) is 9.62 Å². The van der Waals surface area contributed by atoms with Gasteiger partial charge in [0.25, 0.3) is 5.91 Å². The van der Waals surface area contributed by atoms with Gasteiger partial charge in [-0.05, 0) is 50.5 Å². The predicted molar refractivity (Wildman–Crippen MR) is 97.9 cm³/mol. The predicted octanol–water partition coefficient (Wildman–Crippen LogP) is 3.25. The van der Waals surface area contributed by atoms with Crippen LogP contribution in [-0.2, 0) is 10.0 Å². The largest absolute Gasteiger partial charge is 0.350 e. The van der Waals surface area contributed by atoms with Gasteiger partial charge in [0.1, 0.15) is 0 Å². The summed E-state index contributed by atoms with van der Waals surface area (Å²) in [7, 11) is -0.593. The van der Waals surface area contributed by atoms with Gasteiger partial charge in [-0.2, -0.15) is 0 Å². The molecule has 0 saturated heterocycles. The van der Waals surface area contributed by atoms with Gasteiger partial charge in [-0.25, -0.2) is 12.7 Å². The summed E-state index contributed by atoms with van der Waals surface area (Å²) in [6.45, 7) is 7.71. The Morgan fingerprint density at radius 3 is 2.38 bits per heavy atom. The number of aryl methyl sites for hydroxylation is 1. The first kappa shape index (κ1) is 20.6. The lowest BCUT2D eigenvalue weighted by atomic mass is 10.0. The third kappa shape index (κ3) is 5.05. The Hall–Kier alpha value is -1.40. The molecule has 0 aliphatic carbocycles. The number of nitrogens with one attached hydrogen (secondary N) is 1. The van der Waals surface area contributed by atoms with Crippen LogP contribution in [0, 0.1) is 13.8 Å². The van der Waals surface area contributed by atoms with Crippen LogP contribution in [-0.4, -0.2) is 38.8 Å². The highest BCUT2D eigenvalue weighted by Crippen LogP contribution is 2.23. The highest BCUT2D eigenvalue weighted by Gasteiger charge is 2.23. The minimum Gasteiger partial charge on any atom is -0.350 e. The Bertz CT molecular complexity index is 682. The Morgan fingerprint density at radius 2 is 1.83 bits per heavy atom. The zero-order valence-corrected chi connectivity index (χ0v) is 16.5. The number of rotatable bonds is 8. The molecule has 0 aliphatic rings. The number of benzene rings is 1. The molecule has 0 fully saturated rings. The summed E-state index contributed by atoms with van der Waals surface area (Å²) in [4.78, 5) is 12.7. The van der Waals surface area contributed by atoms with Crippen molar-refractivity contribution in [3.8, 4) is 0 Å². The zero-order chi connectivity index (χ0) is 18.5. The number of carbonyl (C=O) groups is 1. The van der Waals surface area contributed by atoms with Crippen LogP contribution in [0.2, 0.25) is 0 Å². The SMILES string of the molecule is CCCCCC(C)NC(=O)c1cc(C)c(C)c(S(=O)(=O)N(C)C)c1. The smallest absolute Gasteiger partial charge is 0.251 e. The van der Waals surface area contributed by atoms with Crippen molar-refractivity contribution in [1.29, 1.82) is 0 Å². The molecule has 1 rings (SSSR count). The molecule has 1 aromatic rings. The quantitative estimate of drug-likeness (QED) is 0.729. The lowest BCUT2D eigenvalue weighted by Gasteiger charge is -2.18. The van der Waals surface area contributed by atoms with E-state index in [1.165, 1.54) is 24.5 Å². The van der Waals surface area contributed by atoms with E-state index in [1.807, 2.05) is 13.8 Å². The lowest BCUT2D eigenvalue weighted by Crippen LogP contribution is -2.33. The van der Waals surface area contributed by atoms with Gasteiger partial charge >= 0.3 is 0 Å². The van der Waals surface area contributed by atoms with E-state index in [9.17, 15) is 13.2 Å². The molecule has 1 amide bonds. The second kappa shape index (κ2) is 8.62. The van der Waals surface area contributed by atoms with E-state index in [4.69, 9.17) is 0 Å². The fourth-order valence-corrected chi connectivity index (χ4v) is 3.72. The molecule has 5 nitrogen and oxygen atoms in total. The molecule has 0 bridgehead atoms. The fourth-order valence-electron chi connectivity index (χ4n) is 2.50. The lowest BCUT2D eigenvalue weighted by molar-refractivity contribution is 0.0937. The maximum atomic E-state index is 12.5. The van der Waals surface area contributed by atoms with Crippen molar-refractivity contribution < 1.29 is 13.2 Å². The Balaban J connectivity index is 3.05. The van der Waals surface area contributed by atoms with Gasteiger partial charge in [0.05, 0.1) is 4.90 Å². The summed E-state index contributed by atoms with van der Waals surface area (Å²) in [6, 6.07) is 3.30.